The Kier molecular flexibility index (Phi) is 5.17. The highest BCUT2D eigenvalue weighted by Crippen LogP contribution is 2.17. The molecule has 1 aromatic rings. The second kappa shape index (κ2) is 6.88. The Morgan fingerprint density at radius 2 is 2.10 bits per heavy atom. The van der Waals surface area contributed by atoms with E-state index in [4.69, 9.17) is 0 Å². The third-order valence-corrected chi connectivity index (χ3v) is 4.04. The first kappa shape index (κ1) is 15.0. The van der Waals surface area contributed by atoms with Crippen LogP contribution in [0.5, 0.6) is 0 Å². The number of aromatic nitrogens is 2. The van der Waals surface area contributed by atoms with Crippen molar-refractivity contribution in [1.82, 2.24) is 20.0 Å². The lowest BCUT2D eigenvalue weighted by molar-refractivity contribution is -0.133. The van der Waals surface area contributed by atoms with Gasteiger partial charge in [0.15, 0.2) is 0 Å². The van der Waals surface area contributed by atoms with Crippen molar-refractivity contribution in [2.75, 3.05) is 26.2 Å². The highest BCUT2D eigenvalue weighted by molar-refractivity contribution is 5.76. The van der Waals surface area contributed by atoms with Gasteiger partial charge in [-0.1, -0.05) is 6.92 Å². The van der Waals surface area contributed by atoms with E-state index in [9.17, 15) is 4.79 Å². The minimum Gasteiger partial charge on any atom is -0.341 e. The Bertz CT molecular complexity index is 447. The van der Waals surface area contributed by atoms with Gasteiger partial charge in [0.05, 0.1) is 5.69 Å². The number of hydrogen-bond donors (Lipinski definition) is 1. The van der Waals surface area contributed by atoms with Crippen molar-refractivity contribution in [3.05, 3.63) is 17.5 Å². The molecule has 1 saturated heterocycles. The molecule has 0 aromatic carbocycles. The molecule has 0 atom stereocenters. The molecule has 1 aliphatic heterocycles. The summed E-state index contributed by atoms with van der Waals surface area (Å²) in [6.45, 7) is 10.3. The molecule has 0 saturated carbocycles. The molecule has 1 aliphatic rings. The molecule has 1 fully saturated rings. The number of likely N-dealkylation sites (tertiary alicyclic amines) is 1. The van der Waals surface area contributed by atoms with Crippen LogP contribution in [0, 0.1) is 19.8 Å². The van der Waals surface area contributed by atoms with E-state index in [1.165, 1.54) is 0 Å². The van der Waals surface area contributed by atoms with Gasteiger partial charge in [-0.2, -0.15) is 5.10 Å². The predicted octanol–water partition coefficient (Wildman–Crippen LogP) is 1.35. The molecule has 20 heavy (non-hydrogen) atoms. The number of aryl methyl sites for hydroxylation is 2. The summed E-state index contributed by atoms with van der Waals surface area (Å²) in [4.78, 5) is 14.3. The first-order valence-electron chi connectivity index (χ1n) is 7.59. The maximum atomic E-state index is 12.3. The van der Waals surface area contributed by atoms with Gasteiger partial charge in [-0.05, 0) is 51.8 Å². The van der Waals surface area contributed by atoms with Gasteiger partial charge in [0.2, 0.25) is 5.91 Å². The molecule has 0 bridgehead atoms. The Morgan fingerprint density at radius 3 is 2.65 bits per heavy atom. The number of piperidine rings is 1. The van der Waals surface area contributed by atoms with Gasteiger partial charge >= 0.3 is 0 Å². The molecule has 1 aromatic heterocycles. The summed E-state index contributed by atoms with van der Waals surface area (Å²) in [5.74, 6) is 0.908. The third kappa shape index (κ3) is 3.82. The van der Waals surface area contributed by atoms with Crippen molar-refractivity contribution in [1.29, 1.82) is 0 Å². The summed E-state index contributed by atoms with van der Waals surface area (Å²) in [6.07, 6.45) is 2.21. The number of amides is 1. The monoisotopic (exact) mass is 278 g/mol. The first-order valence-corrected chi connectivity index (χ1v) is 7.59. The fourth-order valence-corrected chi connectivity index (χ4v) is 2.80. The van der Waals surface area contributed by atoms with Crippen LogP contribution in [-0.2, 0) is 11.3 Å². The highest BCUT2D eigenvalue weighted by Gasteiger charge is 2.22. The van der Waals surface area contributed by atoms with Crippen molar-refractivity contribution < 1.29 is 4.79 Å². The number of carbonyl (C=O) groups excluding carboxylic acids is 1. The smallest absolute Gasteiger partial charge is 0.244 e. The van der Waals surface area contributed by atoms with Gasteiger partial charge in [-0.3, -0.25) is 9.48 Å². The van der Waals surface area contributed by atoms with E-state index >= 15 is 0 Å². The zero-order valence-corrected chi connectivity index (χ0v) is 12.9. The second-order valence-corrected chi connectivity index (χ2v) is 5.72. The van der Waals surface area contributed by atoms with E-state index in [0.717, 1.165) is 50.4 Å². The minimum absolute atomic E-state index is 0.193. The fraction of sp³-hybridized carbons (Fsp3) is 0.733. The molecule has 2 heterocycles. The molecule has 2 rings (SSSR count). The molecule has 1 amide bonds. The number of hydrogen-bond acceptors (Lipinski definition) is 3. The quantitative estimate of drug-likeness (QED) is 0.884. The van der Waals surface area contributed by atoms with Crippen LogP contribution >= 0.6 is 0 Å². The van der Waals surface area contributed by atoms with Crippen molar-refractivity contribution in [3.8, 4) is 0 Å². The number of carbonyl (C=O) groups is 1. The average molecular weight is 278 g/mol. The van der Waals surface area contributed by atoms with E-state index in [1.54, 1.807) is 0 Å². The topological polar surface area (TPSA) is 50.2 Å². The van der Waals surface area contributed by atoms with E-state index in [0.29, 0.717) is 12.5 Å². The molecule has 0 aliphatic carbocycles. The SMILES string of the molecule is CCNCC1CCN(C(=O)Cn2nc(C)cc2C)CC1. The highest BCUT2D eigenvalue weighted by atomic mass is 16.2. The molecule has 1 N–H and O–H groups in total. The van der Waals surface area contributed by atoms with Gasteiger partial charge in [-0.25, -0.2) is 0 Å². The lowest BCUT2D eigenvalue weighted by Crippen LogP contribution is -2.42. The van der Waals surface area contributed by atoms with Gasteiger partial charge in [-0.15, -0.1) is 0 Å². The molecule has 0 radical (unpaired) electrons. The first-order chi connectivity index (χ1) is 9.60. The summed E-state index contributed by atoms with van der Waals surface area (Å²) >= 11 is 0. The summed E-state index contributed by atoms with van der Waals surface area (Å²) < 4.78 is 1.81. The lowest BCUT2D eigenvalue weighted by atomic mass is 9.97. The van der Waals surface area contributed by atoms with Crippen LogP contribution in [0.25, 0.3) is 0 Å². The average Bonchev–Trinajstić information content (AvgIpc) is 2.75. The van der Waals surface area contributed by atoms with Crippen molar-refractivity contribution in [3.63, 3.8) is 0 Å². The van der Waals surface area contributed by atoms with Crippen LogP contribution in [-0.4, -0.2) is 46.8 Å². The normalized spacial score (nSPS) is 16.6. The zero-order valence-electron chi connectivity index (χ0n) is 12.9. The zero-order chi connectivity index (χ0) is 14.5. The lowest BCUT2D eigenvalue weighted by Gasteiger charge is -2.32. The van der Waals surface area contributed by atoms with E-state index < -0.39 is 0 Å². The van der Waals surface area contributed by atoms with Crippen LogP contribution in [0.1, 0.15) is 31.2 Å². The maximum absolute atomic E-state index is 12.3. The molecule has 0 unspecified atom stereocenters. The Balaban J connectivity index is 1.81. The van der Waals surface area contributed by atoms with Crippen LogP contribution in [0.3, 0.4) is 0 Å². The van der Waals surface area contributed by atoms with Gasteiger partial charge in [0.1, 0.15) is 6.54 Å². The fourth-order valence-electron chi connectivity index (χ4n) is 2.80. The minimum atomic E-state index is 0.193. The van der Waals surface area contributed by atoms with Gasteiger partial charge in [0.25, 0.3) is 0 Å². The number of nitrogens with zero attached hydrogens (tertiary/aromatic N) is 3. The number of nitrogens with one attached hydrogen (secondary N) is 1. The summed E-state index contributed by atoms with van der Waals surface area (Å²) in [5.41, 5.74) is 2.03. The van der Waals surface area contributed by atoms with E-state index in [-0.39, 0.29) is 5.91 Å². The van der Waals surface area contributed by atoms with Crippen molar-refractivity contribution in [2.24, 2.45) is 5.92 Å². The van der Waals surface area contributed by atoms with Crippen LogP contribution in [0.15, 0.2) is 6.07 Å². The summed E-state index contributed by atoms with van der Waals surface area (Å²) in [6, 6.07) is 2.01. The maximum Gasteiger partial charge on any atom is 0.244 e. The Labute approximate surface area is 121 Å². The molecule has 0 spiro atoms. The van der Waals surface area contributed by atoms with Gasteiger partial charge in [0, 0.05) is 18.8 Å². The predicted molar refractivity (Wildman–Crippen MR) is 79.5 cm³/mol. The molecular formula is C15H26N4O. The van der Waals surface area contributed by atoms with Crippen LogP contribution in [0.4, 0.5) is 0 Å². The molecule has 5 nitrogen and oxygen atoms in total. The summed E-state index contributed by atoms with van der Waals surface area (Å²) in [5, 5.41) is 7.75. The number of rotatable bonds is 5. The molecule has 5 heteroatoms. The Morgan fingerprint density at radius 1 is 1.40 bits per heavy atom. The molecule has 112 valence electrons. The largest absolute Gasteiger partial charge is 0.341 e. The summed E-state index contributed by atoms with van der Waals surface area (Å²) in [7, 11) is 0. The van der Waals surface area contributed by atoms with Crippen LogP contribution in [0.2, 0.25) is 0 Å². The van der Waals surface area contributed by atoms with Crippen molar-refractivity contribution in [2.45, 2.75) is 40.2 Å². The standard InChI is InChI=1S/C15H26N4O/c1-4-16-10-14-5-7-18(8-6-14)15(20)11-19-13(3)9-12(2)17-19/h9,14,16H,4-8,10-11H2,1-3H3. The van der Waals surface area contributed by atoms with E-state index in [1.807, 2.05) is 29.5 Å². The second-order valence-electron chi connectivity index (χ2n) is 5.72. The Hall–Kier alpha value is -1.36. The van der Waals surface area contributed by atoms with Gasteiger partial charge < -0.3 is 10.2 Å². The molecular weight excluding hydrogens is 252 g/mol. The van der Waals surface area contributed by atoms with Crippen molar-refractivity contribution >= 4 is 5.91 Å². The third-order valence-electron chi connectivity index (χ3n) is 4.04. The van der Waals surface area contributed by atoms with Crippen LogP contribution < -0.4 is 5.32 Å². The van der Waals surface area contributed by atoms with E-state index in [2.05, 4.69) is 17.3 Å².